The largest absolute Gasteiger partial charge is 0.493 e. The van der Waals surface area contributed by atoms with Crippen molar-refractivity contribution in [2.75, 3.05) is 12.4 Å². The molecule has 148 valence electrons. The third-order valence-corrected chi connectivity index (χ3v) is 4.78. The van der Waals surface area contributed by atoms with E-state index in [4.69, 9.17) is 21.1 Å². The van der Waals surface area contributed by atoms with Crippen molar-refractivity contribution in [3.63, 3.8) is 0 Å². The first-order chi connectivity index (χ1) is 14.0. The number of halogens is 2. The van der Waals surface area contributed by atoms with E-state index < -0.39 is 0 Å². The van der Waals surface area contributed by atoms with Crippen LogP contribution in [-0.2, 0) is 11.4 Å². The van der Waals surface area contributed by atoms with Crippen LogP contribution >= 0.6 is 27.5 Å². The number of hydrogen-bond donors (Lipinski definition) is 1. The average molecular weight is 473 g/mol. The second-order valence-corrected chi connectivity index (χ2v) is 7.48. The molecule has 0 bridgehead atoms. The fraction of sp³-hybridized carbons (Fsp3) is 0.0870. The Labute approximate surface area is 183 Å². The first kappa shape index (κ1) is 21.0. The standard InChI is InChI=1S/C23H19BrClNO3/c1-28-21-7-2-4-17(23(21)29-15-16-8-11-19(25)12-9-16)10-13-22(27)26-20-6-3-5-18(24)14-20/h2-14H,15H2,1H3,(H,26,27)/b13-10+. The van der Waals surface area contributed by atoms with Gasteiger partial charge in [0.25, 0.3) is 0 Å². The summed E-state index contributed by atoms with van der Waals surface area (Å²) >= 11 is 9.32. The third kappa shape index (κ3) is 6.11. The van der Waals surface area contributed by atoms with Gasteiger partial charge < -0.3 is 14.8 Å². The van der Waals surface area contributed by atoms with E-state index in [0.717, 1.165) is 15.6 Å². The van der Waals surface area contributed by atoms with Crippen molar-refractivity contribution < 1.29 is 14.3 Å². The molecule has 0 aliphatic carbocycles. The number of hydrogen-bond acceptors (Lipinski definition) is 3. The van der Waals surface area contributed by atoms with Crippen molar-refractivity contribution in [1.29, 1.82) is 0 Å². The fourth-order valence-electron chi connectivity index (χ4n) is 2.63. The molecular formula is C23H19BrClNO3. The van der Waals surface area contributed by atoms with E-state index in [9.17, 15) is 4.79 Å². The van der Waals surface area contributed by atoms with E-state index in [2.05, 4.69) is 21.2 Å². The SMILES string of the molecule is COc1cccc(/C=C/C(=O)Nc2cccc(Br)c2)c1OCc1ccc(Cl)cc1. The minimum Gasteiger partial charge on any atom is -0.493 e. The highest BCUT2D eigenvalue weighted by atomic mass is 79.9. The number of benzene rings is 3. The molecule has 4 nitrogen and oxygen atoms in total. The molecule has 3 rings (SSSR count). The van der Waals surface area contributed by atoms with Crippen LogP contribution in [0, 0.1) is 0 Å². The van der Waals surface area contributed by atoms with Crippen molar-refractivity contribution in [3.05, 3.63) is 93.4 Å². The fourth-order valence-corrected chi connectivity index (χ4v) is 3.16. The summed E-state index contributed by atoms with van der Waals surface area (Å²) in [7, 11) is 1.58. The number of carbonyl (C=O) groups excluding carboxylic acids is 1. The minimum atomic E-state index is -0.241. The van der Waals surface area contributed by atoms with Crippen LogP contribution in [0.3, 0.4) is 0 Å². The molecule has 3 aromatic carbocycles. The molecule has 0 aliphatic rings. The topological polar surface area (TPSA) is 47.6 Å². The Hall–Kier alpha value is -2.76. The van der Waals surface area contributed by atoms with E-state index in [1.54, 1.807) is 13.2 Å². The number of anilines is 1. The summed E-state index contributed by atoms with van der Waals surface area (Å²) in [6.07, 6.45) is 3.16. The van der Waals surface area contributed by atoms with Gasteiger partial charge in [-0.15, -0.1) is 0 Å². The summed E-state index contributed by atoms with van der Waals surface area (Å²) in [6, 6.07) is 20.4. The highest BCUT2D eigenvalue weighted by Gasteiger charge is 2.10. The van der Waals surface area contributed by atoms with Crippen LogP contribution in [0.4, 0.5) is 5.69 Å². The molecular weight excluding hydrogens is 454 g/mol. The third-order valence-electron chi connectivity index (χ3n) is 4.03. The molecule has 0 aromatic heterocycles. The van der Waals surface area contributed by atoms with Crippen LogP contribution in [0.15, 0.2) is 77.3 Å². The number of ether oxygens (including phenoxy) is 2. The van der Waals surface area contributed by atoms with Crippen molar-refractivity contribution >= 4 is 45.2 Å². The zero-order chi connectivity index (χ0) is 20.6. The lowest BCUT2D eigenvalue weighted by Crippen LogP contribution is -2.07. The van der Waals surface area contributed by atoms with Crippen LogP contribution in [-0.4, -0.2) is 13.0 Å². The summed E-state index contributed by atoms with van der Waals surface area (Å²) in [5.74, 6) is 0.916. The average Bonchev–Trinajstić information content (AvgIpc) is 2.72. The minimum absolute atomic E-state index is 0.241. The first-order valence-corrected chi connectivity index (χ1v) is 10.0. The lowest BCUT2D eigenvalue weighted by Gasteiger charge is -2.13. The van der Waals surface area contributed by atoms with Crippen LogP contribution in [0.2, 0.25) is 5.02 Å². The van der Waals surface area contributed by atoms with Gasteiger partial charge in [-0.25, -0.2) is 0 Å². The molecule has 0 aliphatic heterocycles. The van der Waals surface area contributed by atoms with Gasteiger partial charge in [0, 0.05) is 26.8 Å². The Morgan fingerprint density at radius 2 is 1.86 bits per heavy atom. The van der Waals surface area contributed by atoms with E-state index in [-0.39, 0.29) is 5.91 Å². The highest BCUT2D eigenvalue weighted by molar-refractivity contribution is 9.10. The molecule has 0 unspecified atom stereocenters. The first-order valence-electron chi connectivity index (χ1n) is 8.84. The molecule has 0 spiro atoms. The molecule has 3 aromatic rings. The lowest BCUT2D eigenvalue weighted by molar-refractivity contribution is -0.111. The quantitative estimate of drug-likeness (QED) is 0.408. The molecule has 29 heavy (non-hydrogen) atoms. The number of para-hydroxylation sites is 1. The lowest BCUT2D eigenvalue weighted by atomic mass is 10.1. The zero-order valence-corrected chi connectivity index (χ0v) is 18.0. The molecule has 0 fully saturated rings. The number of amides is 1. The summed E-state index contributed by atoms with van der Waals surface area (Å²) in [5.41, 5.74) is 2.42. The van der Waals surface area contributed by atoms with Gasteiger partial charge in [-0.2, -0.15) is 0 Å². The van der Waals surface area contributed by atoms with Gasteiger partial charge in [0.15, 0.2) is 11.5 Å². The summed E-state index contributed by atoms with van der Waals surface area (Å²) in [5, 5.41) is 3.50. The van der Waals surface area contributed by atoms with Crippen LogP contribution in [0.1, 0.15) is 11.1 Å². The normalized spacial score (nSPS) is 10.7. The number of nitrogens with one attached hydrogen (secondary N) is 1. The molecule has 0 saturated carbocycles. The smallest absolute Gasteiger partial charge is 0.248 e. The maximum absolute atomic E-state index is 12.3. The molecule has 0 radical (unpaired) electrons. The van der Waals surface area contributed by atoms with Crippen LogP contribution in [0.5, 0.6) is 11.5 Å². The summed E-state index contributed by atoms with van der Waals surface area (Å²) in [4.78, 5) is 12.3. The Morgan fingerprint density at radius 1 is 1.10 bits per heavy atom. The molecule has 0 saturated heterocycles. The Bertz CT molecular complexity index is 1020. The van der Waals surface area contributed by atoms with Gasteiger partial charge in [-0.05, 0) is 48.0 Å². The van der Waals surface area contributed by atoms with Gasteiger partial charge >= 0.3 is 0 Å². The Morgan fingerprint density at radius 3 is 2.59 bits per heavy atom. The number of rotatable bonds is 7. The Balaban J connectivity index is 1.74. The van der Waals surface area contributed by atoms with Crippen molar-refractivity contribution in [2.45, 2.75) is 6.61 Å². The van der Waals surface area contributed by atoms with Gasteiger partial charge in [-0.1, -0.05) is 57.9 Å². The van der Waals surface area contributed by atoms with E-state index in [1.807, 2.05) is 66.7 Å². The van der Waals surface area contributed by atoms with Gasteiger partial charge in [-0.3, -0.25) is 4.79 Å². The van der Waals surface area contributed by atoms with Crippen LogP contribution in [0.25, 0.3) is 6.08 Å². The monoisotopic (exact) mass is 471 g/mol. The van der Waals surface area contributed by atoms with Crippen LogP contribution < -0.4 is 14.8 Å². The number of carbonyl (C=O) groups is 1. The molecule has 1 N–H and O–H groups in total. The van der Waals surface area contributed by atoms with Gasteiger partial charge in [0.05, 0.1) is 7.11 Å². The highest BCUT2D eigenvalue weighted by Crippen LogP contribution is 2.33. The van der Waals surface area contributed by atoms with E-state index in [0.29, 0.717) is 28.8 Å². The summed E-state index contributed by atoms with van der Waals surface area (Å²) < 4.78 is 12.3. The van der Waals surface area contributed by atoms with Gasteiger partial charge in [0.1, 0.15) is 6.61 Å². The summed E-state index contributed by atoms with van der Waals surface area (Å²) in [6.45, 7) is 0.350. The van der Waals surface area contributed by atoms with Crippen molar-refractivity contribution in [1.82, 2.24) is 0 Å². The maximum atomic E-state index is 12.3. The van der Waals surface area contributed by atoms with Crippen molar-refractivity contribution in [3.8, 4) is 11.5 Å². The molecule has 1 amide bonds. The number of methoxy groups -OCH3 is 1. The van der Waals surface area contributed by atoms with E-state index >= 15 is 0 Å². The predicted octanol–water partition coefficient (Wildman–Crippen LogP) is 6.34. The Kier molecular flexibility index (Phi) is 7.33. The predicted molar refractivity (Wildman–Crippen MR) is 121 cm³/mol. The van der Waals surface area contributed by atoms with Gasteiger partial charge in [0.2, 0.25) is 5.91 Å². The van der Waals surface area contributed by atoms with E-state index in [1.165, 1.54) is 6.08 Å². The zero-order valence-electron chi connectivity index (χ0n) is 15.7. The maximum Gasteiger partial charge on any atom is 0.248 e. The molecule has 6 heteroatoms. The molecule has 0 atom stereocenters. The van der Waals surface area contributed by atoms with Crippen molar-refractivity contribution in [2.24, 2.45) is 0 Å². The second-order valence-electron chi connectivity index (χ2n) is 6.13. The second kappa shape index (κ2) is 10.1. The molecule has 0 heterocycles.